The van der Waals surface area contributed by atoms with Crippen LogP contribution in [-0.4, -0.2) is 0 Å². The molecule has 3 rings (SSSR count). The third-order valence-electron chi connectivity index (χ3n) is 3.78. The summed E-state index contributed by atoms with van der Waals surface area (Å²) in [6.45, 7) is 3.07. The SMILES string of the molecule is CCc1ccccc1CNc1ccc2cc(Br)ccc2c1. The van der Waals surface area contributed by atoms with E-state index in [1.165, 1.54) is 21.9 Å². The van der Waals surface area contributed by atoms with Crippen LogP contribution in [0.25, 0.3) is 10.8 Å². The lowest BCUT2D eigenvalue weighted by molar-refractivity contribution is 1.04. The zero-order chi connectivity index (χ0) is 14.7. The smallest absolute Gasteiger partial charge is 0.0403 e. The van der Waals surface area contributed by atoms with Gasteiger partial charge in [-0.3, -0.25) is 0 Å². The summed E-state index contributed by atoms with van der Waals surface area (Å²) < 4.78 is 1.12. The van der Waals surface area contributed by atoms with Gasteiger partial charge in [0.25, 0.3) is 0 Å². The average Bonchev–Trinajstić information content (AvgIpc) is 2.53. The fraction of sp³-hybridized carbons (Fsp3) is 0.158. The monoisotopic (exact) mass is 339 g/mol. The van der Waals surface area contributed by atoms with Crippen LogP contribution in [0.5, 0.6) is 0 Å². The summed E-state index contributed by atoms with van der Waals surface area (Å²) in [5.74, 6) is 0. The van der Waals surface area contributed by atoms with Crippen LogP contribution in [-0.2, 0) is 13.0 Å². The van der Waals surface area contributed by atoms with Gasteiger partial charge in [0, 0.05) is 16.7 Å². The van der Waals surface area contributed by atoms with Crippen molar-refractivity contribution in [3.05, 3.63) is 76.3 Å². The Labute approximate surface area is 134 Å². The first kappa shape index (κ1) is 14.2. The number of benzene rings is 3. The second-order valence-corrected chi connectivity index (χ2v) is 6.10. The van der Waals surface area contributed by atoms with Gasteiger partial charge in [-0.25, -0.2) is 0 Å². The van der Waals surface area contributed by atoms with E-state index in [1.807, 2.05) is 0 Å². The van der Waals surface area contributed by atoms with E-state index in [2.05, 4.69) is 88.8 Å². The van der Waals surface area contributed by atoms with Crippen molar-refractivity contribution in [3.63, 3.8) is 0 Å². The Kier molecular flexibility index (Phi) is 4.26. The quantitative estimate of drug-likeness (QED) is 0.635. The topological polar surface area (TPSA) is 12.0 Å². The summed E-state index contributed by atoms with van der Waals surface area (Å²) in [7, 11) is 0. The predicted octanol–water partition coefficient (Wildman–Crippen LogP) is 5.78. The molecule has 0 radical (unpaired) electrons. The maximum atomic E-state index is 3.53. The highest BCUT2D eigenvalue weighted by Crippen LogP contribution is 2.23. The molecule has 0 spiro atoms. The molecule has 3 aromatic carbocycles. The number of anilines is 1. The third kappa shape index (κ3) is 3.27. The summed E-state index contributed by atoms with van der Waals surface area (Å²) in [6.07, 6.45) is 1.07. The normalized spacial score (nSPS) is 10.8. The van der Waals surface area contributed by atoms with Gasteiger partial charge in [0.05, 0.1) is 0 Å². The van der Waals surface area contributed by atoms with E-state index in [-0.39, 0.29) is 0 Å². The van der Waals surface area contributed by atoms with Gasteiger partial charge in [-0.1, -0.05) is 59.3 Å². The average molecular weight is 340 g/mol. The van der Waals surface area contributed by atoms with E-state index in [1.54, 1.807) is 0 Å². The molecule has 0 fully saturated rings. The molecular formula is C19H18BrN. The number of hydrogen-bond acceptors (Lipinski definition) is 1. The Hall–Kier alpha value is -1.80. The Bertz CT molecular complexity index is 764. The number of hydrogen-bond donors (Lipinski definition) is 1. The van der Waals surface area contributed by atoms with Crippen molar-refractivity contribution >= 4 is 32.4 Å². The molecule has 0 saturated carbocycles. The Balaban J connectivity index is 1.80. The standard InChI is InChI=1S/C19H18BrN/c1-2-14-5-3-4-6-17(14)13-21-19-10-8-15-11-18(20)9-7-16(15)12-19/h3-12,21H,2,13H2,1H3. The van der Waals surface area contributed by atoms with Gasteiger partial charge in [-0.05, 0) is 52.6 Å². The molecule has 1 nitrogen and oxygen atoms in total. The number of halogens is 1. The summed E-state index contributed by atoms with van der Waals surface area (Å²) in [6, 6.07) is 21.5. The molecule has 21 heavy (non-hydrogen) atoms. The first-order valence-corrected chi connectivity index (χ1v) is 8.05. The van der Waals surface area contributed by atoms with Crippen molar-refractivity contribution in [2.75, 3.05) is 5.32 Å². The molecule has 0 aliphatic carbocycles. The zero-order valence-electron chi connectivity index (χ0n) is 12.1. The lowest BCUT2D eigenvalue weighted by Gasteiger charge is -2.11. The number of rotatable bonds is 4. The van der Waals surface area contributed by atoms with Crippen LogP contribution in [0.4, 0.5) is 5.69 Å². The van der Waals surface area contributed by atoms with Crippen LogP contribution in [0.3, 0.4) is 0 Å². The van der Waals surface area contributed by atoms with Crippen LogP contribution in [0.1, 0.15) is 18.1 Å². The molecule has 0 bridgehead atoms. The van der Waals surface area contributed by atoms with Crippen LogP contribution < -0.4 is 5.32 Å². The van der Waals surface area contributed by atoms with E-state index >= 15 is 0 Å². The molecule has 0 aliphatic rings. The molecule has 0 amide bonds. The summed E-state index contributed by atoms with van der Waals surface area (Å²) in [4.78, 5) is 0. The van der Waals surface area contributed by atoms with Crippen LogP contribution in [0.15, 0.2) is 65.1 Å². The minimum atomic E-state index is 0.867. The van der Waals surface area contributed by atoms with Gasteiger partial charge in [0.15, 0.2) is 0 Å². The van der Waals surface area contributed by atoms with Gasteiger partial charge in [-0.2, -0.15) is 0 Å². The van der Waals surface area contributed by atoms with Gasteiger partial charge >= 0.3 is 0 Å². The first-order chi connectivity index (χ1) is 10.3. The fourth-order valence-electron chi connectivity index (χ4n) is 2.60. The van der Waals surface area contributed by atoms with E-state index in [9.17, 15) is 0 Å². The molecule has 0 aliphatic heterocycles. The molecular weight excluding hydrogens is 322 g/mol. The number of aryl methyl sites for hydroxylation is 1. The van der Waals surface area contributed by atoms with Crippen molar-refractivity contribution in [1.82, 2.24) is 0 Å². The van der Waals surface area contributed by atoms with Gasteiger partial charge in [-0.15, -0.1) is 0 Å². The van der Waals surface area contributed by atoms with Crippen LogP contribution in [0.2, 0.25) is 0 Å². The minimum absolute atomic E-state index is 0.867. The highest BCUT2D eigenvalue weighted by molar-refractivity contribution is 9.10. The molecule has 0 heterocycles. The second kappa shape index (κ2) is 6.31. The Morgan fingerprint density at radius 2 is 1.57 bits per heavy atom. The predicted molar refractivity (Wildman–Crippen MR) is 94.8 cm³/mol. The molecule has 3 aromatic rings. The molecule has 1 N–H and O–H groups in total. The number of nitrogens with one attached hydrogen (secondary N) is 1. The Morgan fingerprint density at radius 3 is 2.38 bits per heavy atom. The molecule has 0 saturated heterocycles. The molecule has 0 unspecified atom stereocenters. The van der Waals surface area contributed by atoms with Gasteiger partial charge < -0.3 is 5.32 Å². The molecule has 0 aromatic heterocycles. The molecule has 106 valence electrons. The van der Waals surface area contributed by atoms with Crippen molar-refractivity contribution in [3.8, 4) is 0 Å². The highest BCUT2D eigenvalue weighted by atomic mass is 79.9. The molecule has 2 heteroatoms. The first-order valence-electron chi connectivity index (χ1n) is 7.26. The second-order valence-electron chi connectivity index (χ2n) is 5.18. The van der Waals surface area contributed by atoms with Crippen LogP contribution >= 0.6 is 15.9 Å². The lowest BCUT2D eigenvalue weighted by atomic mass is 10.1. The maximum Gasteiger partial charge on any atom is 0.0403 e. The van der Waals surface area contributed by atoms with Crippen LogP contribution in [0, 0.1) is 0 Å². The minimum Gasteiger partial charge on any atom is -0.381 e. The fourth-order valence-corrected chi connectivity index (χ4v) is 2.98. The largest absolute Gasteiger partial charge is 0.381 e. The van der Waals surface area contributed by atoms with Crippen molar-refractivity contribution in [2.45, 2.75) is 19.9 Å². The van der Waals surface area contributed by atoms with Gasteiger partial charge in [0.2, 0.25) is 0 Å². The van der Waals surface area contributed by atoms with Gasteiger partial charge in [0.1, 0.15) is 0 Å². The summed E-state index contributed by atoms with van der Waals surface area (Å²) in [5, 5.41) is 6.04. The third-order valence-corrected chi connectivity index (χ3v) is 4.28. The van der Waals surface area contributed by atoms with E-state index in [0.29, 0.717) is 0 Å². The van der Waals surface area contributed by atoms with Crippen molar-refractivity contribution < 1.29 is 0 Å². The number of fused-ring (bicyclic) bond motifs is 1. The summed E-state index contributed by atoms with van der Waals surface area (Å²) >= 11 is 3.51. The zero-order valence-corrected chi connectivity index (χ0v) is 13.7. The van der Waals surface area contributed by atoms with E-state index < -0.39 is 0 Å². The van der Waals surface area contributed by atoms with E-state index in [4.69, 9.17) is 0 Å². The lowest BCUT2D eigenvalue weighted by Crippen LogP contribution is -2.02. The van der Waals surface area contributed by atoms with E-state index in [0.717, 1.165) is 23.1 Å². The summed E-state index contributed by atoms with van der Waals surface area (Å²) in [5.41, 5.74) is 3.95. The van der Waals surface area contributed by atoms with Crippen molar-refractivity contribution in [2.24, 2.45) is 0 Å². The molecule has 0 atom stereocenters. The van der Waals surface area contributed by atoms with Crippen molar-refractivity contribution in [1.29, 1.82) is 0 Å². The Morgan fingerprint density at radius 1 is 0.857 bits per heavy atom. The maximum absolute atomic E-state index is 3.53. The highest BCUT2D eigenvalue weighted by Gasteiger charge is 2.01.